The molecule has 0 saturated carbocycles. The molecule has 0 aliphatic carbocycles. The molecular weight excluding hydrogens is 370 g/mol. The molecule has 0 atom stereocenters. The zero-order chi connectivity index (χ0) is 19.8. The van der Waals surface area contributed by atoms with E-state index < -0.39 is 16.0 Å². The second-order valence-electron chi connectivity index (χ2n) is 6.03. The van der Waals surface area contributed by atoms with Crippen LogP contribution in [0.25, 0.3) is 11.4 Å². The topological polar surface area (TPSA) is 127 Å². The third-order valence-corrected chi connectivity index (χ3v) is 5.66. The molecule has 0 saturated heterocycles. The van der Waals surface area contributed by atoms with Crippen LogP contribution in [0.2, 0.25) is 0 Å². The molecule has 0 aliphatic rings. The van der Waals surface area contributed by atoms with Gasteiger partial charge in [-0.05, 0) is 59.7 Å². The van der Waals surface area contributed by atoms with Crippen LogP contribution in [0, 0.1) is 13.8 Å². The van der Waals surface area contributed by atoms with Gasteiger partial charge in [-0.3, -0.25) is 4.72 Å². The maximum Gasteiger partial charge on any atom is 0.335 e. The summed E-state index contributed by atoms with van der Waals surface area (Å²) in [7, 11) is -2.31. The van der Waals surface area contributed by atoms with Crippen LogP contribution >= 0.6 is 0 Å². The molecule has 140 valence electrons. The summed E-state index contributed by atoms with van der Waals surface area (Å²) in [5.41, 5.74) is 1.93. The van der Waals surface area contributed by atoms with Crippen LogP contribution < -0.4 is 4.72 Å². The average molecular weight is 387 g/mol. The molecule has 0 fully saturated rings. The number of nitrogens with zero attached hydrogens (tertiary/aromatic N) is 4. The second kappa shape index (κ2) is 6.80. The lowest BCUT2D eigenvalue weighted by atomic mass is 10.1. The van der Waals surface area contributed by atoms with Crippen molar-refractivity contribution in [2.45, 2.75) is 18.7 Å². The molecule has 0 spiro atoms. The fourth-order valence-electron chi connectivity index (χ4n) is 2.64. The third kappa shape index (κ3) is 3.65. The fraction of sp³-hybridized carbons (Fsp3) is 0.176. The first kappa shape index (κ1) is 18.5. The van der Waals surface area contributed by atoms with Crippen molar-refractivity contribution in [3.8, 4) is 11.4 Å². The number of anilines is 1. The van der Waals surface area contributed by atoms with Crippen molar-refractivity contribution in [2.24, 2.45) is 7.05 Å². The Balaban J connectivity index is 2.01. The first-order chi connectivity index (χ1) is 12.7. The maximum atomic E-state index is 12.9. The van der Waals surface area contributed by atoms with Gasteiger partial charge in [0.15, 0.2) is 5.82 Å². The van der Waals surface area contributed by atoms with E-state index in [0.29, 0.717) is 28.2 Å². The van der Waals surface area contributed by atoms with Gasteiger partial charge in [0.1, 0.15) is 0 Å². The zero-order valence-corrected chi connectivity index (χ0v) is 15.6. The number of tetrazole rings is 1. The summed E-state index contributed by atoms with van der Waals surface area (Å²) in [6.07, 6.45) is 0. The third-order valence-electron chi connectivity index (χ3n) is 4.15. The highest BCUT2D eigenvalue weighted by Gasteiger charge is 2.21. The van der Waals surface area contributed by atoms with Crippen LogP contribution in [0.4, 0.5) is 5.69 Å². The molecule has 2 aromatic carbocycles. The minimum absolute atomic E-state index is 0.0781. The number of aromatic carboxylic acids is 1. The Morgan fingerprint density at radius 2 is 1.93 bits per heavy atom. The van der Waals surface area contributed by atoms with E-state index in [0.717, 1.165) is 6.07 Å². The summed E-state index contributed by atoms with van der Waals surface area (Å²) in [6.45, 7) is 3.31. The zero-order valence-electron chi connectivity index (χ0n) is 14.8. The predicted molar refractivity (Wildman–Crippen MR) is 97.9 cm³/mol. The van der Waals surface area contributed by atoms with Crippen molar-refractivity contribution < 1.29 is 18.3 Å². The minimum atomic E-state index is -3.99. The molecule has 1 aromatic heterocycles. The van der Waals surface area contributed by atoms with E-state index in [-0.39, 0.29) is 10.5 Å². The van der Waals surface area contributed by atoms with Gasteiger partial charge in [0.25, 0.3) is 10.0 Å². The quantitative estimate of drug-likeness (QED) is 0.685. The lowest BCUT2D eigenvalue weighted by Gasteiger charge is -2.13. The summed E-state index contributed by atoms with van der Waals surface area (Å²) in [6, 6.07) is 9.22. The number of carboxylic acids is 1. The highest BCUT2D eigenvalue weighted by molar-refractivity contribution is 7.92. The van der Waals surface area contributed by atoms with E-state index in [4.69, 9.17) is 0 Å². The number of nitrogens with one attached hydrogen (secondary N) is 1. The molecule has 10 heteroatoms. The molecule has 3 rings (SSSR count). The molecule has 3 aromatic rings. The number of carbonyl (C=O) groups is 1. The number of hydrogen-bond acceptors (Lipinski definition) is 6. The summed E-state index contributed by atoms with van der Waals surface area (Å²) >= 11 is 0. The standard InChI is InChI=1S/C17H17N5O4S/c1-10-7-13(17(23)24)9-15(11(10)2)27(25,26)19-14-6-4-5-12(8-14)16-18-20-21-22(16)3/h4-9,19H,1-3H3,(H,23,24). The van der Waals surface area contributed by atoms with Crippen molar-refractivity contribution >= 4 is 21.7 Å². The van der Waals surface area contributed by atoms with Crippen molar-refractivity contribution in [1.29, 1.82) is 0 Å². The highest BCUT2D eigenvalue weighted by Crippen LogP contribution is 2.26. The van der Waals surface area contributed by atoms with Gasteiger partial charge in [-0.2, -0.15) is 0 Å². The molecule has 0 bridgehead atoms. The molecule has 27 heavy (non-hydrogen) atoms. The lowest BCUT2D eigenvalue weighted by molar-refractivity contribution is 0.0696. The Morgan fingerprint density at radius 1 is 1.19 bits per heavy atom. The van der Waals surface area contributed by atoms with Crippen LogP contribution in [-0.2, 0) is 17.1 Å². The van der Waals surface area contributed by atoms with Crippen LogP contribution in [0.5, 0.6) is 0 Å². The van der Waals surface area contributed by atoms with E-state index >= 15 is 0 Å². The number of benzene rings is 2. The fourth-order valence-corrected chi connectivity index (χ4v) is 4.03. The van der Waals surface area contributed by atoms with Gasteiger partial charge in [0, 0.05) is 18.3 Å². The van der Waals surface area contributed by atoms with E-state index in [2.05, 4.69) is 20.2 Å². The van der Waals surface area contributed by atoms with Crippen molar-refractivity contribution in [3.05, 3.63) is 53.1 Å². The molecule has 1 heterocycles. The largest absolute Gasteiger partial charge is 0.478 e. The molecule has 9 nitrogen and oxygen atoms in total. The van der Waals surface area contributed by atoms with Gasteiger partial charge in [-0.15, -0.1) is 5.10 Å². The number of rotatable bonds is 5. The van der Waals surface area contributed by atoms with Crippen LogP contribution in [0.1, 0.15) is 21.5 Å². The smallest absolute Gasteiger partial charge is 0.335 e. The average Bonchev–Trinajstić information content (AvgIpc) is 3.02. The summed E-state index contributed by atoms with van der Waals surface area (Å²) in [4.78, 5) is 11.2. The molecule has 0 amide bonds. The molecule has 0 radical (unpaired) electrons. The van der Waals surface area contributed by atoms with Gasteiger partial charge < -0.3 is 5.11 Å². The summed E-state index contributed by atoms with van der Waals surface area (Å²) in [5, 5.41) is 20.4. The molecule has 2 N–H and O–H groups in total. The normalized spacial score (nSPS) is 11.4. The van der Waals surface area contributed by atoms with E-state index in [1.165, 1.54) is 10.7 Å². The molecular formula is C17H17N5O4S. The Hall–Kier alpha value is -3.27. The van der Waals surface area contributed by atoms with Crippen LogP contribution in [0.15, 0.2) is 41.3 Å². The number of carboxylic acid groups (broad SMARTS) is 1. The minimum Gasteiger partial charge on any atom is -0.478 e. The van der Waals surface area contributed by atoms with Gasteiger partial charge in [0.2, 0.25) is 0 Å². The molecule has 0 aliphatic heterocycles. The number of sulfonamides is 1. The molecule has 0 unspecified atom stereocenters. The van der Waals surface area contributed by atoms with Crippen molar-refractivity contribution in [3.63, 3.8) is 0 Å². The second-order valence-corrected chi connectivity index (χ2v) is 7.68. The maximum absolute atomic E-state index is 12.9. The number of aromatic nitrogens is 4. The monoisotopic (exact) mass is 387 g/mol. The van der Waals surface area contributed by atoms with Crippen LogP contribution in [-0.4, -0.2) is 39.7 Å². The SMILES string of the molecule is Cc1cc(C(=O)O)cc(S(=O)(=O)Nc2cccc(-c3nnnn3C)c2)c1C. The lowest BCUT2D eigenvalue weighted by Crippen LogP contribution is -2.16. The van der Waals surface area contributed by atoms with Gasteiger partial charge in [0.05, 0.1) is 10.5 Å². The van der Waals surface area contributed by atoms with Crippen molar-refractivity contribution in [1.82, 2.24) is 20.2 Å². The van der Waals surface area contributed by atoms with Gasteiger partial charge >= 0.3 is 5.97 Å². The van der Waals surface area contributed by atoms with Crippen LogP contribution in [0.3, 0.4) is 0 Å². The Kier molecular flexibility index (Phi) is 4.66. The van der Waals surface area contributed by atoms with Gasteiger partial charge in [-0.25, -0.2) is 17.9 Å². The van der Waals surface area contributed by atoms with E-state index in [1.807, 2.05) is 0 Å². The van der Waals surface area contributed by atoms with E-state index in [1.54, 1.807) is 45.2 Å². The Labute approximate surface area is 155 Å². The summed E-state index contributed by atoms with van der Waals surface area (Å²) in [5.74, 6) is -0.706. The first-order valence-electron chi connectivity index (χ1n) is 7.89. The van der Waals surface area contributed by atoms with E-state index in [9.17, 15) is 18.3 Å². The Bertz CT molecular complexity index is 1140. The number of hydrogen-bond donors (Lipinski definition) is 2. The van der Waals surface area contributed by atoms with Crippen molar-refractivity contribution in [2.75, 3.05) is 4.72 Å². The first-order valence-corrected chi connectivity index (χ1v) is 9.37. The Morgan fingerprint density at radius 3 is 2.56 bits per heavy atom. The number of aryl methyl sites for hydroxylation is 2. The highest BCUT2D eigenvalue weighted by atomic mass is 32.2. The van der Waals surface area contributed by atoms with Gasteiger partial charge in [-0.1, -0.05) is 12.1 Å². The predicted octanol–water partition coefficient (Wildman–Crippen LogP) is 1.99. The summed E-state index contributed by atoms with van der Waals surface area (Å²) < 4.78 is 29.7.